The van der Waals surface area contributed by atoms with E-state index in [4.69, 9.17) is 9.10 Å². The molecule has 0 amide bonds. The summed E-state index contributed by atoms with van der Waals surface area (Å²) < 4.78 is 25.0. The Bertz CT molecular complexity index is 3250. The molecule has 8 aromatic carbocycles. The van der Waals surface area contributed by atoms with Crippen molar-refractivity contribution >= 4 is 24.3 Å². The van der Waals surface area contributed by atoms with Crippen molar-refractivity contribution < 1.29 is 24.2 Å². The van der Waals surface area contributed by atoms with Gasteiger partial charge in [0.1, 0.15) is 0 Å². The summed E-state index contributed by atoms with van der Waals surface area (Å²) in [6, 6.07) is 74.7. The van der Waals surface area contributed by atoms with Crippen molar-refractivity contribution in [1.29, 1.82) is 0 Å². The quantitative estimate of drug-likeness (QED) is 0.118. The number of fused-ring (bicyclic) bond motifs is 4. The first-order valence-electron chi connectivity index (χ1n) is 22.5. The second-order valence-corrected chi connectivity index (χ2v) is 21.7. The third-order valence-corrected chi connectivity index (χ3v) is 13.9. The van der Waals surface area contributed by atoms with E-state index in [0.29, 0.717) is 11.3 Å². The summed E-state index contributed by atoms with van der Waals surface area (Å²) in [6.07, 6.45) is 1.87. The number of rotatable bonds is 7. The predicted molar refractivity (Wildman–Crippen MR) is 260 cm³/mol. The fourth-order valence-electron chi connectivity index (χ4n) is 8.82. The number of aromatic nitrogens is 3. The van der Waals surface area contributed by atoms with E-state index in [1.807, 2.05) is 12.3 Å². The molecule has 1 aliphatic carbocycles. The van der Waals surface area contributed by atoms with Crippen molar-refractivity contribution in [3.63, 3.8) is 0 Å². The van der Waals surface area contributed by atoms with E-state index >= 15 is 0 Å². The van der Waals surface area contributed by atoms with Crippen LogP contribution in [0.3, 0.4) is 0 Å². The topological polar surface area (TPSA) is 30.7 Å². The third-order valence-electron chi connectivity index (χ3n) is 11.9. The summed E-state index contributed by atoms with van der Waals surface area (Å²) in [5.74, 6) is 0.880. The molecule has 0 aliphatic heterocycles. The Kier molecular flexibility index (Phi) is 10.6. The molecular weight excluding hydrogens is 959 g/mol. The second kappa shape index (κ2) is 17.5. The number of para-hydroxylation sites is 2. The van der Waals surface area contributed by atoms with E-state index in [1.54, 1.807) is 0 Å². The molecule has 0 saturated heterocycles. The SMILES string of the molecule is [2H]c1[c-]c(-c2ccc([Si](C)(C)C)cn2)cc([2H])c1[2H].[Ir].[c-]1cc2c(cc1-c1nc3ccccc3n1-c1ccc(-c3ccccc3)cc1)-c1ccccc1C2(c1ccccc1)c1ccccc1. The molecule has 0 fully saturated rings. The van der Waals surface area contributed by atoms with Crippen molar-refractivity contribution in [2.45, 2.75) is 25.1 Å². The van der Waals surface area contributed by atoms with Crippen LogP contribution in [0.2, 0.25) is 19.6 Å². The van der Waals surface area contributed by atoms with Crippen LogP contribution in [-0.4, -0.2) is 22.6 Å². The van der Waals surface area contributed by atoms with Crippen molar-refractivity contribution in [2.75, 3.05) is 0 Å². The number of imidazole rings is 1. The number of pyridine rings is 1. The predicted octanol–water partition coefficient (Wildman–Crippen LogP) is 13.6. The van der Waals surface area contributed by atoms with Gasteiger partial charge in [-0.25, -0.2) is 0 Å². The van der Waals surface area contributed by atoms with Crippen LogP contribution in [0.4, 0.5) is 0 Å². The summed E-state index contributed by atoms with van der Waals surface area (Å²) in [6.45, 7) is 6.78. The Balaban J connectivity index is 0.000000231. The Morgan fingerprint density at radius 3 is 1.87 bits per heavy atom. The van der Waals surface area contributed by atoms with Crippen LogP contribution in [0, 0.1) is 12.1 Å². The van der Waals surface area contributed by atoms with Gasteiger partial charge in [0.25, 0.3) is 0 Å². The molecule has 3 nitrogen and oxygen atoms in total. The van der Waals surface area contributed by atoms with Crippen molar-refractivity contribution in [1.82, 2.24) is 14.5 Å². The van der Waals surface area contributed by atoms with Gasteiger partial charge in [0, 0.05) is 40.1 Å². The van der Waals surface area contributed by atoms with Gasteiger partial charge < -0.3 is 9.55 Å². The maximum absolute atomic E-state index is 7.64. The zero-order valence-electron chi connectivity index (χ0n) is 38.2. The first-order valence-corrected chi connectivity index (χ1v) is 24.5. The maximum Gasteiger partial charge on any atom is 0.0795 e. The van der Waals surface area contributed by atoms with Gasteiger partial charge in [0.15, 0.2) is 0 Å². The summed E-state index contributed by atoms with van der Waals surface area (Å²) in [4.78, 5) is 9.61. The van der Waals surface area contributed by atoms with Crippen LogP contribution in [0.25, 0.3) is 61.6 Å². The van der Waals surface area contributed by atoms with Crippen molar-refractivity contribution in [2.24, 2.45) is 0 Å². The fourth-order valence-corrected chi connectivity index (χ4v) is 9.86. The molecular formula is C58H45IrN3Si-2. The summed E-state index contributed by atoms with van der Waals surface area (Å²) in [5.41, 5.74) is 14.8. The van der Waals surface area contributed by atoms with Crippen molar-refractivity contribution in [3.8, 4) is 50.6 Å². The Morgan fingerprint density at radius 2 is 1.21 bits per heavy atom. The first kappa shape index (κ1) is 38.0. The molecule has 0 N–H and O–H groups in total. The fraction of sp³-hybridized carbons (Fsp3) is 0.0690. The summed E-state index contributed by atoms with van der Waals surface area (Å²) >= 11 is 0. The van der Waals surface area contributed by atoms with Gasteiger partial charge in [-0.1, -0.05) is 177 Å². The van der Waals surface area contributed by atoms with E-state index in [-0.39, 0.29) is 38.2 Å². The van der Waals surface area contributed by atoms with Crippen LogP contribution in [0.5, 0.6) is 0 Å². The van der Waals surface area contributed by atoms with Gasteiger partial charge in [-0.2, -0.15) is 0 Å². The Morgan fingerprint density at radius 1 is 0.571 bits per heavy atom. The molecule has 63 heavy (non-hydrogen) atoms. The number of benzene rings is 8. The molecule has 307 valence electrons. The third kappa shape index (κ3) is 7.74. The van der Waals surface area contributed by atoms with Gasteiger partial charge in [0.2, 0.25) is 0 Å². The van der Waals surface area contributed by atoms with Crippen molar-refractivity contribution in [3.05, 3.63) is 253 Å². The smallest absolute Gasteiger partial charge is 0.0795 e. The minimum absolute atomic E-state index is 0. The molecule has 0 atom stereocenters. The Hall–Kier alpha value is -6.75. The molecule has 2 heterocycles. The van der Waals surface area contributed by atoms with Crippen LogP contribution >= 0.6 is 0 Å². The molecule has 1 aliphatic rings. The van der Waals surface area contributed by atoms with Gasteiger partial charge in [-0.15, -0.1) is 65.1 Å². The van der Waals surface area contributed by atoms with Gasteiger partial charge >= 0.3 is 0 Å². The summed E-state index contributed by atoms with van der Waals surface area (Å²) in [5, 5.41) is 1.27. The number of hydrogen-bond acceptors (Lipinski definition) is 2. The molecule has 0 saturated carbocycles. The second-order valence-electron chi connectivity index (χ2n) is 16.6. The molecule has 2 aromatic heterocycles. The van der Waals surface area contributed by atoms with E-state index in [9.17, 15) is 0 Å². The Labute approximate surface area is 389 Å². The van der Waals surface area contributed by atoms with Gasteiger partial charge in [-0.05, 0) is 69.9 Å². The molecule has 1 radical (unpaired) electrons. The minimum atomic E-state index is -1.36. The number of nitrogens with zero attached hydrogens (tertiary/aromatic N) is 3. The molecule has 10 aromatic rings. The van der Waals surface area contributed by atoms with Crippen LogP contribution in [0.1, 0.15) is 26.4 Å². The maximum atomic E-state index is 7.64. The van der Waals surface area contributed by atoms with Gasteiger partial charge in [0.05, 0.1) is 24.9 Å². The normalized spacial score (nSPS) is 13.0. The summed E-state index contributed by atoms with van der Waals surface area (Å²) in [7, 11) is -1.36. The monoisotopic (exact) mass is 1010 g/mol. The molecule has 11 rings (SSSR count). The van der Waals surface area contributed by atoms with E-state index < -0.39 is 13.5 Å². The first-order chi connectivity index (χ1) is 31.6. The van der Waals surface area contributed by atoms with E-state index in [0.717, 1.165) is 28.1 Å². The van der Waals surface area contributed by atoms with E-state index in [2.05, 4.69) is 223 Å². The largest absolute Gasteiger partial charge is 0.333 e. The molecule has 5 heteroatoms. The average Bonchev–Trinajstić information content (AvgIpc) is 3.88. The zero-order valence-corrected chi connectivity index (χ0v) is 38.6. The zero-order chi connectivity index (χ0) is 44.7. The standard InChI is InChI=1S/C44H29N2.C14H16NSi.Ir/c1-4-14-31(15-5-1)32-24-27-36(28-25-32)46-42-23-13-12-22-41(42)45-43(46)33-26-29-40-38(30-33)37-20-10-11-21-39(37)44(40,34-16-6-2-7-17-34)35-18-8-3-9-19-35;1-16(2,3)13-9-10-14(15-11-13)12-7-5-4-6-8-12;/h1-25,27-30H;4-7,9-11H,1-3H3;/q2*-1;/i;4D,5D,6D;. The van der Waals surface area contributed by atoms with Crippen LogP contribution < -0.4 is 5.19 Å². The number of hydrogen-bond donors (Lipinski definition) is 0. The average molecular weight is 1010 g/mol. The van der Waals surface area contributed by atoms with E-state index in [1.165, 1.54) is 55.8 Å². The molecule has 0 unspecified atom stereocenters. The molecule has 0 spiro atoms. The van der Waals surface area contributed by atoms with Crippen LogP contribution in [-0.2, 0) is 25.5 Å². The van der Waals surface area contributed by atoms with Crippen LogP contribution in [0.15, 0.2) is 218 Å². The molecule has 0 bridgehead atoms. The minimum Gasteiger partial charge on any atom is -0.333 e. The van der Waals surface area contributed by atoms with Gasteiger partial charge in [-0.3, -0.25) is 4.98 Å².